The van der Waals surface area contributed by atoms with Crippen molar-refractivity contribution in [1.29, 1.82) is 0 Å². The van der Waals surface area contributed by atoms with Gasteiger partial charge in [-0.2, -0.15) is 0 Å². The molecule has 2 rings (SSSR count). The van der Waals surface area contributed by atoms with Gasteiger partial charge in [0.2, 0.25) is 5.91 Å². The number of halogens is 2. The molecule has 0 aliphatic heterocycles. The van der Waals surface area contributed by atoms with Crippen molar-refractivity contribution in [3.05, 3.63) is 47.5 Å². The summed E-state index contributed by atoms with van der Waals surface area (Å²) in [6, 6.07) is 3.26. The minimum absolute atomic E-state index is 0.0868. The Morgan fingerprint density at radius 2 is 2.00 bits per heavy atom. The standard InChI is InChI=1S/C14H15F2NO/c15-12-5-11(6-13(16)8-12)9-17-14(18)7-10-3-1-2-4-10/h1,3,5-6,8,10H,2,4,7,9H2,(H,17,18). The highest BCUT2D eigenvalue weighted by atomic mass is 19.1. The molecule has 1 unspecified atom stereocenters. The summed E-state index contributed by atoms with van der Waals surface area (Å²) in [5.41, 5.74) is 0.433. The number of nitrogens with one attached hydrogen (secondary N) is 1. The summed E-state index contributed by atoms with van der Waals surface area (Å²) in [7, 11) is 0. The second-order valence-corrected chi connectivity index (χ2v) is 4.52. The molecule has 0 saturated heterocycles. The third kappa shape index (κ3) is 3.65. The molecule has 96 valence electrons. The van der Waals surface area contributed by atoms with Gasteiger partial charge in [0.05, 0.1) is 0 Å². The quantitative estimate of drug-likeness (QED) is 0.819. The molecule has 0 bridgehead atoms. The average molecular weight is 251 g/mol. The Morgan fingerprint density at radius 1 is 1.28 bits per heavy atom. The van der Waals surface area contributed by atoms with Crippen LogP contribution in [0.1, 0.15) is 24.8 Å². The van der Waals surface area contributed by atoms with E-state index in [2.05, 4.69) is 11.4 Å². The fraction of sp³-hybridized carbons (Fsp3) is 0.357. The van der Waals surface area contributed by atoms with E-state index in [1.54, 1.807) is 0 Å². The van der Waals surface area contributed by atoms with Crippen molar-refractivity contribution in [1.82, 2.24) is 5.32 Å². The maximum absolute atomic E-state index is 12.9. The summed E-state index contributed by atoms with van der Waals surface area (Å²) >= 11 is 0. The highest BCUT2D eigenvalue weighted by Crippen LogP contribution is 2.20. The van der Waals surface area contributed by atoms with Crippen molar-refractivity contribution in [3.8, 4) is 0 Å². The third-order valence-electron chi connectivity index (χ3n) is 2.97. The van der Waals surface area contributed by atoms with E-state index < -0.39 is 11.6 Å². The molecular weight excluding hydrogens is 236 g/mol. The molecule has 4 heteroatoms. The van der Waals surface area contributed by atoms with Gasteiger partial charge < -0.3 is 5.32 Å². The van der Waals surface area contributed by atoms with Crippen LogP contribution < -0.4 is 5.32 Å². The molecule has 0 radical (unpaired) electrons. The van der Waals surface area contributed by atoms with E-state index in [9.17, 15) is 13.6 Å². The molecule has 0 saturated carbocycles. The Kier molecular flexibility index (Phi) is 4.07. The van der Waals surface area contributed by atoms with E-state index >= 15 is 0 Å². The molecule has 1 aliphatic rings. The summed E-state index contributed by atoms with van der Waals surface area (Å²) in [6.07, 6.45) is 6.57. The van der Waals surface area contributed by atoms with Crippen LogP contribution in [0.3, 0.4) is 0 Å². The number of carbonyl (C=O) groups is 1. The molecule has 1 aromatic carbocycles. The molecule has 1 amide bonds. The highest BCUT2D eigenvalue weighted by molar-refractivity contribution is 5.76. The van der Waals surface area contributed by atoms with E-state index in [-0.39, 0.29) is 12.5 Å². The maximum atomic E-state index is 12.9. The monoisotopic (exact) mass is 251 g/mol. The second-order valence-electron chi connectivity index (χ2n) is 4.52. The minimum Gasteiger partial charge on any atom is -0.352 e. The predicted octanol–water partition coefficient (Wildman–Crippen LogP) is 2.94. The number of carbonyl (C=O) groups excluding carboxylic acids is 1. The molecular formula is C14H15F2NO. The minimum atomic E-state index is -0.627. The van der Waals surface area contributed by atoms with Crippen molar-refractivity contribution in [2.24, 2.45) is 5.92 Å². The molecule has 2 nitrogen and oxygen atoms in total. The first-order valence-corrected chi connectivity index (χ1v) is 6.02. The van der Waals surface area contributed by atoms with E-state index in [1.807, 2.05) is 6.08 Å². The van der Waals surface area contributed by atoms with Gasteiger partial charge in [-0.1, -0.05) is 12.2 Å². The Morgan fingerprint density at radius 3 is 2.61 bits per heavy atom. The molecule has 1 N–H and O–H groups in total. The lowest BCUT2D eigenvalue weighted by Crippen LogP contribution is -2.24. The second kappa shape index (κ2) is 5.76. The molecule has 1 aromatic rings. The van der Waals surface area contributed by atoms with Crippen LogP contribution in [-0.4, -0.2) is 5.91 Å². The Balaban J connectivity index is 1.83. The van der Waals surface area contributed by atoms with Gasteiger partial charge in [-0.3, -0.25) is 4.79 Å². The van der Waals surface area contributed by atoms with Crippen molar-refractivity contribution >= 4 is 5.91 Å². The van der Waals surface area contributed by atoms with Crippen LogP contribution in [0.15, 0.2) is 30.4 Å². The number of benzene rings is 1. The number of allylic oxidation sites excluding steroid dienone is 2. The normalized spacial score (nSPS) is 18.0. The molecule has 18 heavy (non-hydrogen) atoms. The van der Waals surface area contributed by atoms with Crippen molar-refractivity contribution in [3.63, 3.8) is 0 Å². The first-order valence-electron chi connectivity index (χ1n) is 6.02. The van der Waals surface area contributed by atoms with Crippen molar-refractivity contribution in [2.45, 2.75) is 25.8 Å². The van der Waals surface area contributed by atoms with Crippen molar-refractivity contribution in [2.75, 3.05) is 0 Å². The summed E-state index contributed by atoms with van der Waals surface area (Å²) in [4.78, 5) is 11.6. The predicted molar refractivity (Wildman–Crippen MR) is 64.7 cm³/mol. The van der Waals surface area contributed by atoms with Crippen LogP contribution in [0.25, 0.3) is 0 Å². The fourth-order valence-corrected chi connectivity index (χ4v) is 2.09. The van der Waals surface area contributed by atoms with E-state index in [4.69, 9.17) is 0 Å². The van der Waals surface area contributed by atoms with Gasteiger partial charge in [-0.15, -0.1) is 0 Å². The lowest BCUT2D eigenvalue weighted by atomic mass is 10.1. The molecule has 1 aliphatic carbocycles. The first-order chi connectivity index (χ1) is 8.63. The molecule has 1 atom stereocenters. The number of amides is 1. The number of rotatable bonds is 4. The van der Waals surface area contributed by atoms with Crippen LogP contribution in [0.4, 0.5) is 8.78 Å². The van der Waals surface area contributed by atoms with E-state index in [1.165, 1.54) is 12.1 Å². The van der Waals surface area contributed by atoms with Crippen molar-refractivity contribution < 1.29 is 13.6 Å². The van der Waals surface area contributed by atoms with Crippen LogP contribution in [-0.2, 0) is 11.3 Å². The van der Waals surface area contributed by atoms with E-state index in [0.29, 0.717) is 17.9 Å². The summed E-state index contributed by atoms with van der Waals surface area (Å²) < 4.78 is 25.8. The van der Waals surface area contributed by atoms with Gasteiger partial charge in [0, 0.05) is 19.0 Å². The fourth-order valence-electron chi connectivity index (χ4n) is 2.09. The van der Waals surface area contributed by atoms with E-state index in [0.717, 1.165) is 18.9 Å². The molecule has 0 fully saturated rings. The zero-order valence-corrected chi connectivity index (χ0v) is 9.96. The number of hydrogen-bond donors (Lipinski definition) is 1. The van der Waals surface area contributed by atoms with Gasteiger partial charge in [-0.05, 0) is 36.5 Å². The topological polar surface area (TPSA) is 29.1 Å². The molecule has 0 aromatic heterocycles. The Hall–Kier alpha value is -1.71. The Bertz CT molecular complexity index is 451. The van der Waals surface area contributed by atoms with Gasteiger partial charge in [0.15, 0.2) is 0 Å². The van der Waals surface area contributed by atoms with Gasteiger partial charge >= 0.3 is 0 Å². The molecule has 0 spiro atoms. The summed E-state index contributed by atoms with van der Waals surface area (Å²) in [5, 5.41) is 2.67. The first kappa shape index (κ1) is 12.7. The van der Waals surface area contributed by atoms with Gasteiger partial charge in [0.25, 0.3) is 0 Å². The molecule has 0 heterocycles. The largest absolute Gasteiger partial charge is 0.352 e. The van der Waals surface area contributed by atoms with Gasteiger partial charge in [0.1, 0.15) is 11.6 Å². The van der Waals surface area contributed by atoms with Crippen LogP contribution in [0.5, 0.6) is 0 Å². The summed E-state index contributed by atoms with van der Waals surface area (Å²) in [6.45, 7) is 0.157. The van der Waals surface area contributed by atoms with Gasteiger partial charge in [-0.25, -0.2) is 8.78 Å². The zero-order valence-electron chi connectivity index (χ0n) is 9.96. The Labute approximate surface area is 105 Å². The average Bonchev–Trinajstić information content (AvgIpc) is 2.78. The maximum Gasteiger partial charge on any atom is 0.220 e. The number of hydrogen-bond acceptors (Lipinski definition) is 1. The van der Waals surface area contributed by atoms with Crippen LogP contribution in [0.2, 0.25) is 0 Å². The van der Waals surface area contributed by atoms with Crippen LogP contribution in [0, 0.1) is 17.6 Å². The highest BCUT2D eigenvalue weighted by Gasteiger charge is 2.13. The lowest BCUT2D eigenvalue weighted by Gasteiger charge is -2.09. The summed E-state index contributed by atoms with van der Waals surface area (Å²) in [5.74, 6) is -1.04. The lowest BCUT2D eigenvalue weighted by molar-refractivity contribution is -0.121. The van der Waals surface area contributed by atoms with Crippen LogP contribution >= 0.6 is 0 Å². The SMILES string of the molecule is O=C(CC1C=CCC1)NCc1cc(F)cc(F)c1. The smallest absolute Gasteiger partial charge is 0.220 e. The third-order valence-corrected chi connectivity index (χ3v) is 2.97. The zero-order chi connectivity index (χ0) is 13.0.